The van der Waals surface area contributed by atoms with Crippen LogP contribution in [0.15, 0.2) is 18.2 Å². The monoisotopic (exact) mass is 541 g/mol. The molecule has 0 bridgehead atoms. The van der Waals surface area contributed by atoms with Gasteiger partial charge in [-0.2, -0.15) is 0 Å². The maximum absolute atomic E-state index is 12.5. The summed E-state index contributed by atoms with van der Waals surface area (Å²) < 4.78 is 35.7. The van der Waals surface area contributed by atoms with Crippen LogP contribution >= 0.6 is 0 Å². The summed E-state index contributed by atoms with van der Waals surface area (Å²) in [5, 5.41) is 0. The molecular formula is C26H39NO11. The maximum atomic E-state index is 12.5. The first-order chi connectivity index (χ1) is 17.8. The zero-order chi connectivity index (χ0) is 28.8. The Labute approximate surface area is 223 Å². The fraction of sp³-hybridized carbons (Fsp3) is 0.615. The summed E-state index contributed by atoms with van der Waals surface area (Å²) in [5.74, 6) is -0.970. The molecule has 2 N–H and O–H groups in total. The summed E-state index contributed by atoms with van der Waals surface area (Å²) in [7, 11) is 0. The molecule has 12 nitrogen and oxygen atoms in total. The van der Waals surface area contributed by atoms with E-state index in [2.05, 4.69) is 0 Å². The van der Waals surface area contributed by atoms with Crippen molar-refractivity contribution < 1.29 is 52.3 Å². The molecule has 1 rings (SSSR count). The lowest BCUT2D eigenvalue weighted by Crippen LogP contribution is -2.39. The van der Waals surface area contributed by atoms with Crippen molar-refractivity contribution in [3.8, 4) is 11.5 Å². The van der Waals surface area contributed by atoms with Gasteiger partial charge in [0.25, 0.3) is 0 Å². The van der Waals surface area contributed by atoms with Gasteiger partial charge in [-0.15, -0.1) is 0 Å². The lowest BCUT2D eigenvalue weighted by Gasteiger charge is -2.22. The van der Waals surface area contributed by atoms with E-state index in [9.17, 15) is 19.2 Å². The number of hydrogen-bond acceptors (Lipinski definition) is 12. The molecule has 0 unspecified atom stereocenters. The Balaban J connectivity index is 2.86. The van der Waals surface area contributed by atoms with Gasteiger partial charge < -0.3 is 38.9 Å². The molecule has 0 aliphatic carbocycles. The molecule has 0 aromatic heterocycles. The number of nitrogens with two attached hydrogens (primary N) is 1. The normalized spacial score (nSPS) is 13.2. The van der Waals surface area contributed by atoms with E-state index in [1.165, 1.54) is 18.2 Å². The molecule has 3 atom stereocenters. The van der Waals surface area contributed by atoms with Gasteiger partial charge >= 0.3 is 24.4 Å². The largest absolute Gasteiger partial charge is 0.514 e. The number of ether oxygens (including phenoxy) is 7. The van der Waals surface area contributed by atoms with Crippen LogP contribution in [0.3, 0.4) is 0 Å². The third-order valence-corrected chi connectivity index (χ3v) is 4.78. The second-order valence-corrected chi connectivity index (χ2v) is 9.05. The molecule has 0 saturated heterocycles. The van der Waals surface area contributed by atoms with Gasteiger partial charge in [-0.05, 0) is 72.1 Å². The van der Waals surface area contributed by atoms with E-state index < -0.39 is 54.9 Å². The summed E-state index contributed by atoms with van der Waals surface area (Å²) in [6.07, 6.45) is -3.72. The van der Waals surface area contributed by atoms with Crippen LogP contribution in [0.2, 0.25) is 0 Å². The molecular weight excluding hydrogens is 502 g/mol. The van der Waals surface area contributed by atoms with E-state index >= 15 is 0 Å². The summed E-state index contributed by atoms with van der Waals surface area (Å²) in [4.78, 5) is 48.3. The predicted molar refractivity (Wildman–Crippen MR) is 135 cm³/mol. The number of carbonyl (C=O) groups is 4. The molecule has 0 amide bonds. The molecule has 0 saturated carbocycles. The van der Waals surface area contributed by atoms with Crippen molar-refractivity contribution in [3.63, 3.8) is 0 Å². The highest BCUT2D eigenvalue weighted by Crippen LogP contribution is 2.30. The molecule has 1 aromatic rings. The molecule has 0 fully saturated rings. The Kier molecular flexibility index (Phi) is 14.0. The van der Waals surface area contributed by atoms with Gasteiger partial charge in [0.2, 0.25) is 0 Å². The molecule has 214 valence electrons. The van der Waals surface area contributed by atoms with Crippen molar-refractivity contribution in [3.05, 3.63) is 23.8 Å². The first-order valence-corrected chi connectivity index (χ1v) is 12.5. The van der Waals surface area contributed by atoms with Crippen LogP contribution in [0.25, 0.3) is 0 Å². The minimum absolute atomic E-state index is 0.00778. The third-order valence-electron chi connectivity index (χ3n) is 4.78. The van der Waals surface area contributed by atoms with Crippen molar-refractivity contribution in [2.24, 2.45) is 5.73 Å². The molecule has 0 heterocycles. The van der Waals surface area contributed by atoms with E-state index in [-0.39, 0.29) is 24.5 Å². The Morgan fingerprint density at radius 3 is 1.87 bits per heavy atom. The number of rotatable bonds is 13. The summed E-state index contributed by atoms with van der Waals surface area (Å²) in [5.41, 5.74) is 6.50. The van der Waals surface area contributed by atoms with Gasteiger partial charge in [0, 0.05) is 0 Å². The van der Waals surface area contributed by atoms with E-state index in [4.69, 9.17) is 38.9 Å². The average Bonchev–Trinajstić information content (AvgIpc) is 2.79. The van der Waals surface area contributed by atoms with Crippen LogP contribution < -0.4 is 15.2 Å². The van der Waals surface area contributed by atoms with E-state index in [0.29, 0.717) is 12.0 Å². The van der Waals surface area contributed by atoms with Crippen molar-refractivity contribution in [1.29, 1.82) is 0 Å². The molecule has 0 radical (unpaired) electrons. The minimum Gasteiger partial charge on any atom is -0.458 e. The zero-order valence-electron chi connectivity index (χ0n) is 23.0. The number of hydrogen-bond donors (Lipinski definition) is 1. The molecule has 12 heteroatoms. The van der Waals surface area contributed by atoms with Gasteiger partial charge in [-0.1, -0.05) is 19.4 Å². The van der Waals surface area contributed by atoms with E-state index in [0.717, 1.165) is 6.42 Å². The van der Waals surface area contributed by atoms with Crippen molar-refractivity contribution in [2.45, 2.75) is 98.2 Å². The van der Waals surface area contributed by atoms with Crippen LogP contribution in [-0.4, -0.2) is 61.5 Å². The highest BCUT2D eigenvalue weighted by atomic mass is 16.8. The second-order valence-electron chi connectivity index (χ2n) is 9.05. The molecule has 0 aliphatic heterocycles. The average molecular weight is 542 g/mol. The van der Waals surface area contributed by atoms with Crippen LogP contribution in [0.5, 0.6) is 11.5 Å². The van der Waals surface area contributed by atoms with Gasteiger partial charge in [0.05, 0.1) is 18.8 Å². The smallest absolute Gasteiger partial charge is 0.458 e. The predicted octanol–water partition coefficient (Wildman–Crippen LogP) is 4.68. The minimum atomic E-state index is -1.10. The Morgan fingerprint density at radius 1 is 0.763 bits per heavy atom. The second kappa shape index (κ2) is 16.3. The zero-order valence-corrected chi connectivity index (χ0v) is 23.0. The summed E-state index contributed by atoms with van der Waals surface area (Å²) in [6.45, 7) is 11.9. The van der Waals surface area contributed by atoms with Crippen LogP contribution in [0, 0.1) is 0 Å². The molecule has 0 spiro atoms. The first kappa shape index (κ1) is 32.5. The van der Waals surface area contributed by atoms with Crippen molar-refractivity contribution in [1.82, 2.24) is 0 Å². The van der Waals surface area contributed by atoms with Gasteiger partial charge in [0.15, 0.2) is 11.5 Å². The standard InChI is InChI=1S/C26H39NO11/c1-8-9-12-32-24(29)36-18(7)17(6)35-23(28)20(27)13-19-10-11-21(37-25(30)33-15(2)3)22(14-19)38-26(31)34-16(4)5/h10-11,14-18,20H,8-9,12-13,27H2,1-7H3/t17-,18-,20-/m0/s1. The van der Waals surface area contributed by atoms with Gasteiger partial charge in [0.1, 0.15) is 18.2 Å². The fourth-order valence-corrected chi connectivity index (χ4v) is 2.74. The van der Waals surface area contributed by atoms with E-state index in [1.807, 2.05) is 6.92 Å². The SMILES string of the molecule is CCCCOC(=O)O[C@@H](C)[C@H](C)OC(=O)[C@@H](N)Cc1ccc(OC(=O)OC(C)C)c(OC(=O)OC(C)C)c1. The quantitative estimate of drug-likeness (QED) is 0.159. The van der Waals surface area contributed by atoms with Crippen LogP contribution in [-0.2, 0) is 34.9 Å². The van der Waals surface area contributed by atoms with Crippen molar-refractivity contribution in [2.75, 3.05) is 6.61 Å². The number of carbonyl (C=O) groups excluding carboxylic acids is 4. The highest BCUT2D eigenvalue weighted by molar-refractivity contribution is 5.76. The lowest BCUT2D eigenvalue weighted by atomic mass is 10.1. The lowest BCUT2D eigenvalue weighted by molar-refractivity contribution is -0.155. The first-order valence-electron chi connectivity index (χ1n) is 12.5. The Bertz CT molecular complexity index is 932. The maximum Gasteiger partial charge on any atom is 0.514 e. The number of unbranched alkanes of at least 4 members (excludes halogenated alkanes) is 1. The van der Waals surface area contributed by atoms with Gasteiger partial charge in [-0.3, -0.25) is 4.79 Å². The molecule has 38 heavy (non-hydrogen) atoms. The summed E-state index contributed by atoms with van der Waals surface area (Å²) in [6, 6.07) is 3.19. The van der Waals surface area contributed by atoms with Gasteiger partial charge in [-0.25, -0.2) is 14.4 Å². The number of benzene rings is 1. The van der Waals surface area contributed by atoms with Crippen molar-refractivity contribution >= 4 is 24.4 Å². The Morgan fingerprint density at radius 2 is 1.32 bits per heavy atom. The third kappa shape index (κ3) is 12.6. The fourth-order valence-electron chi connectivity index (χ4n) is 2.74. The molecule has 1 aromatic carbocycles. The summed E-state index contributed by atoms with van der Waals surface area (Å²) >= 11 is 0. The van der Waals surface area contributed by atoms with Crippen LogP contribution in [0.4, 0.5) is 14.4 Å². The molecule has 0 aliphatic rings. The van der Waals surface area contributed by atoms with E-state index in [1.54, 1.807) is 41.5 Å². The number of esters is 1. The topological polar surface area (TPSA) is 159 Å². The highest BCUT2D eigenvalue weighted by Gasteiger charge is 2.25. The van der Waals surface area contributed by atoms with Crippen LogP contribution in [0.1, 0.15) is 66.9 Å². The Hall–Kier alpha value is -3.54.